The molecule has 0 aliphatic carbocycles. The summed E-state index contributed by atoms with van der Waals surface area (Å²) in [5, 5.41) is 7.56. The Morgan fingerprint density at radius 2 is 1.76 bits per heavy atom. The molecule has 0 bridgehead atoms. The third-order valence-corrected chi connectivity index (χ3v) is 3.58. The zero-order valence-corrected chi connectivity index (χ0v) is 14.7. The highest BCUT2D eigenvalue weighted by Gasteiger charge is 2.12. The Morgan fingerprint density at radius 3 is 2.44 bits per heavy atom. The van der Waals surface area contributed by atoms with E-state index in [-0.39, 0.29) is 6.67 Å². The van der Waals surface area contributed by atoms with Crippen molar-refractivity contribution in [3.8, 4) is 11.5 Å². The second-order valence-electron chi connectivity index (χ2n) is 5.31. The summed E-state index contributed by atoms with van der Waals surface area (Å²) < 4.78 is 11.3. The van der Waals surface area contributed by atoms with Crippen LogP contribution in [0.1, 0.15) is 20.8 Å². The first-order valence-electron chi connectivity index (χ1n) is 8.12. The van der Waals surface area contributed by atoms with E-state index in [9.17, 15) is 4.91 Å². The lowest BCUT2D eigenvalue weighted by Crippen LogP contribution is -2.30. The van der Waals surface area contributed by atoms with E-state index in [0.29, 0.717) is 18.0 Å². The molecule has 6 heteroatoms. The molecule has 0 radical (unpaired) electrons. The van der Waals surface area contributed by atoms with Crippen molar-refractivity contribution in [1.29, 1.82) is 0 Å². The molecule has 2 rings (SSSR count). The summed E-state index contributed by atoms with van der Waals surface area (Å²) in [5.41, 5.74) is 1.42. The number of benzene rings is 2. The normalized spacial score (nSPS) is 11.3. The van der Waals surface area contributed by atoms with E-state index in [2.05, 4.69) is 10.6 Å². The third-order valence-electron chi connectivity index (χ3n) is 3.58. The van der Waals surface area contributed by atoms with Gasteiger partial charge in [0.2, 0.25) is 0 Å². The third kappa shape index (κ3) is 5.24. The van der Waals surface area contributed by atoms with Gasteiger partial charge < -0.3 is 14.8 Å². The van der Waals surface area contributed by atoms with Crippen LogP contribution < -0.4 is 19.8 Å². The van der Waals surface area contributed by atoms with Crippen LogP contribution in [0.4, 0.5) is 5.69 Å². The standard InChI is InChI=1S/C19H23N3O3/c1-4-24-19-13-9-8-12-18(19)22(21-23)14-20-15(2)16(3)25-17-10-6-5-7-11-17/h5-13,20H,4,14H2,1-3H3/b16-15-. The lowest BCUT2D eigenvalue weighted by atomic mass is 10.3. The average molecular weight is 341 g/mol. The van der Waals surface area contributed by atoms with E-state index in [0.717, 1.165) is 17.2 Å². The Bertz CT molecular complexity index is 717. The van der Waals surface area contributed by atoms with Crippen LogP contribution in [0.15, 0.2) is 71.3 Å². The summed E-state index contributed by atoms with van der Waals surface area (Å²) >= 11 is 0. The van der Waals surface area contributed by atoms with Crippen molar-refractivity contribution in [2.45, 2.75) is 20.8 Å². The monoisotopic (exact) mass is 341 g/mol. The van der Waals surface area contributed by atoms with Gasteiger partial charge >= 0.3 is 0 Å². The fourth-order valence-corrected chi connectivity index (χ4v) is 2.17. The summed E-state index contributed by atoms with van der Waals surface area (Å²) in [5.74, 6) is 2.09. The van der Waals surface area contributed by atoms with Gasteiger partial charge in [0.05, 0.1) is 11.9 Å². The SMILES string of the molecule is CCOc1ccccc1N(CN/C(C)=C(/C)Oc1ccccc1)N=O. The maximum absolute atomic E-state index is 11.3. The fraction of sp³-hybridized carbons (Fsp3) is 0.263. The topological polar surface area (TPSA) is 63.2 Å². The molecular formula is C19H23N3O3. The van der Waals surface area contributed by atoms with Crippen molar-refractivity contribution in [2.24, 2.45) is 5.29 Å². The molecule has 25 heavy (non-hydrogen) atoms. The molecule has 0 atom stereocenters. The highest BCUT2D eigenvalue weighted by atomic mass is 16.5. The zero-order valence-electron chi connectivity index (χ0n) is 14.7. The second kappa shape index (κ2) is 9.32. The van der Waals surface area contributed by atoms with Gasteiger partial charge in [0.1, 0.15) is 29.6 Å². The van der Waals surface area contributed by atoms with Gasteiger partial charge in [-0.25, -0.2) is 5.01 Å². The van der Waals surface area contributed by atoms with Crippen molar-refractivity contribution in [2.75, 3.05) is 18.3 Å². The number of ether oxygens (including phenoxy) is 2. The van der Waals surface area contributed by atoms with Crippen LogP contribution >= 0.6 is 0 Å². The number of anilines is 1. The number of nitrogens with one attached hydrogen (secondary N) is 1. The van der Waals surface area contributed by atoms with Gasteiger partial charge in [-0.3, -0.25) is 0 Å². The summed E-state index contributed by atoms with van der Waals surface area (Å²) in [6.07, 6.45) is 0. The Morgan fingerprint density at radius 1 is 1.08 bits per heavy atom. The fourth-order valence-electron chi connectivity index (χ4n) is 2.17. The molecule has 0 heterocycles. The maximum atomic E-state index is 11.3. The van der Waals surface area contributed by atoms with Gasteiger partial charge in [-0.1, -0.05) is 30.3 Å². The van der Waals surface area contributed by atoms with E-state index in [1.54, 1.807) is 6.07 Å². The van der Waals surface area contributed by atoms with Gasteiger partial charge in [-0.15, -0.1) is 4.91 Å². The average Bonchev–Trinajstić information content (AvgIpc) is 2.64. The predicted octanol–water partition coefficient (Wildman–Crippen LogP) is 4.45. The van der Waals surface area contributed by atoms with Crippen molar-refractivity contribution < 1.29 is 9.47 Å². The van der Waals surface area contributed by atoms with Crippen LogP contribution in [0.3, 0.4) is 0 Å². The van der Waals surface area contributed by atoms with E-state index in [1.165, 1.54) is 5.01 Å². The molecule has 0 saturated carbocycles. The Labute approximate surface area is 148 Å². The van der Waals surface area contributed by atoms with Crippen molar-refractivity contribution >= 4 is 5.69 Å². The number of nitrogens with zero attached hydrogens (tertiary/aromatic N) is 2. The molecule has 2 aromatic rings. The molecule has 132 valence electrons. The van der Waals surface area contributed by atoms with Crippen LogP contribution in [0.2, 0.25) is 0 Å². The molecule has 0 aliphatic rings. The largest absolute Gasteiger partial charge is 0.492 e. The highest BCUT2D eigenvalue weighted by molar-refractivity contribution is 5.57. The van der Waals surface area contributed by atoms with E-state index >= 15 is 0 Å². The van der Waals surface area contributed by atoms with E-state index in [1.807, 2.05) is 69.3 Å². The zero-order chi connectivity index (χ0) is 18.1. The van der Waals surface area contributed by atoms with Gasteiger partial charge in [0.15, 0.2) is 0 Å². The van der Waals surface area contributed by atoms with Crippen LogP contribution in [-0.4, -0.2) is 13.3 Å². The minimum atomic E-state index is 0.203. The maximum Gasteiger partial charge on any atom is 0.144 e. The van der Waals surface area contributed by atoms with Crippen molar-refractivity contribution in [3.05, 3.63) is 71.0 Å². The van der Waals surface area contributed by atoms with Crippen LogP contribution in [0.5, 0.6) is 11.5 Å². The molecule has 0 unspecified atom stereocenters. The molecule has 6 nitrogen and oxygen atoms in total. The van der Waals surface area contributed by atoms with E-state index in [4.69, 9.17) is 9.47 Å². The summed E-state index contributed by atoms with van der Waals surface area (Å²) in [4.78, 5) is 11.3. The van der Waals surface area contributed by atoms with Gasteiger partial charge in [0, 0.05) is 5.70 Å². The first kappa shape index (κ1) is 18.3. The number of hydrogen-bond acceptors (Lipinski definition) is 5. The Hall–Kier alpha value is -3.02. The molecule has 1 N–H and O–H groups in total. The molecular weight excluding hydrogens is 318 g/mol. The van der Waals surface area contributed by atoms with Crippen molar-refractivity contribution in [1.82, 2.24) is 5.32 Å². The summed E-state index contributed by atoms with van der Waals surface area (Å²) in [6.45, 7) is 6.36. The molecule has 0 fully saturated rings. The predicted molar refractivity (Wildman–Crippen MR) is 99.3 cm³/mol. The Balaban J connectivity index is 2.05. The summed E-state index contributed by atoms with van der Waals surface area (Å²) in [6, 6.07) is 16.8. The first-order chi connectivity index (χ1) is 12.2. The molecule has 0 amide bonds. The number of rotatable bonds is 9. The lowest BCUT2D eigenvalue weighted by Gasteiger charge is -2.20. The second-order valence-corrected chi connectivity index (χ2v) is 5.31. The van der Waals surface area contributed by atoms with Crippen LogP contribution in [-0.2, 0) is 0 Å². The molecule has 2 aromatic carbocycles. The smallest absolute Gasteiger partial charge is 0.144 e. The van der Waals surface area contributed by atoms with Crippen LogP contribution in [0.25, 0.3) is 0 Å². The van der Waals surface area contributed by atoms with Crippen LogP contribution in [0, 0.1) is 4.91 Å². The van der Waals surface area contributed by atoms with Gasteiger partial charge in [-0.05, 0) is 45.0 Å². The molecule has 0 spiro atoms. The molecule has 0 saturated heterocycles. The lowest BCUT2D eigenvalue weighted by molar-refractivity contribution is 0.340. The Kier molecular flexibility index (Phi) is 6.83. The molecule has 0 aromatic heterocycles. The van der Waals surface area contributed by atoms with Gasteiger partial charge in [-0.2, -0.15) is 0 Å². The van der Waals surface area contributed by atoms with E-state index < -0.39 is 0 Å². The minimum Gasteiger partial charge on any atom is -0.492 e. The summed E-state index contributed by atoms with van der Waals surface area (Å²) in [7, 11) is 0. The molecule has 0 aliphatic heterocycles. The number of hydrogen-bond donors (Lipinski definition) is 1. The van der Waals surface area contributed by atoms with Gasteiger partial charge in [0.25, 0.3) is 0 Å². The highest BCUT2D eigenvalue weighted by Crippen LogP contribution is 2.28. The number of nitroso groups, excluding NO2 is 1. The van der Waals surface area contributed by atoms with Crippen molar-refractivity contribution in [3.63, 3.8) is 0 Å². The minimum absolute atomic E-state index is 0.203. The quantitative estimate of drug-likeness (QED) is 0.316. The number of allylic oxidation sites excluding steroid dienone is 2. The first-order valence-corrected chi connectivity index (χ1v) is 8.12. The number of para-hydroxylation sites is 3.